The van der Waals surface area contributed by atoms with Crippen LogP contribution < -0.4 is 5.32 Å². The minimum absolute atomic E-state index is 0.0735. The Morgan fingerprint density at radius 1 is 1.12 bits per heavy atom. The van der Waals surface area contributed by atoms with Crippen molar-refractivity contribution in [2.24, 2.45) is 0 Å². The number of alkyl halides is 3. The van der Waals surface area contributed by atoms with Gasteiger partial charge in [0, 0.05) is 11.9 Å². The molecule has 1 N–H and O–H groups in total. The average Bonchev–Trinajstić information content (AvgIpc) is 3.06. The van der Waals surface area contributed by atoms with Crippen molar-refractivity contribution in [1.82, 2.24) is 9.78 Å². The Kier molecular flexibility index (Phi) is 5.03. The van der Waals surface area contributed by atoms with E-state index in [9.17, 15) is 18.0 Å². The van der Waals surface area contributed by atoms with Crippen LogP contribution in [0.5, 0.6) is 0 Å². The topological polar surface area (TPSA) is 46.9 Å². The summed E-state index contributed by atoms with van der Waals surface area (Å²) in [7, 11) is 0. The second kappa shape index (κ2) is 7.25. The maximum atomic E-state index is 12.8. The first-order valence-corrected chi connectivity index (χ1v) is 8.78. The molecular weight excluding hydrogens is 363 g/mol. The van der Waals surface area contributed by atoms with Gasteiger partial charge in [0.1, 0.15) is 5.03 Å². The van der Waals surface area contributed by atoms with Crippen molar-refractivity contribution in [2.75, 3.05) is 11.6 Å². The summed E-state index contributed by atoms with van der Waals surface area (Å²) >= 11 is 1.28. The number of carbonyl (C=O) groups is 1. The lowest BCUT2D eigenvalue weighted by Crippen LogP contribution is -2.13. The molecule has 1 heterocycles. The summed E-state index contributed by atoms with van der Waals surface area (Å²) in [5, 5.41) is 7.35. The molecule has 1 amide bonds. The molecule has 0 aliphatic rings. The summed E-state index contributed by atoms with van der Waals surface area (Å²) in [6, 6.07) is 13.8. The first-order chi connectivity index (χ1) is 12.4. The van der Waals surface area contributed by atoms with Gasteiger partial charge in [-0.3, -0.25) is 4.79 Å². The van der Waals surface area contributed by atoms with Crippen LogP contribution >= 0.6 is 11.8 Å². The molecule has 0 spiro atoms. The van der Waals surface area contributed by atoms with Gasteiger partial charge in [-0.05, 0) is 36.6 Å². The number of hydrogen-bond acceptors (Lipinski definition) is 3. The minimum atomic E-state index is -4.47. The standard InChI is InChI=1S/C18H14F3N3OS/c1-26-17-15(11-24(23-17)14-8-3-2-4-9-14)16(25)22-13-7-5-6-12(10-13)18(19,20)21/h2-11H,1H3,(H,22,25). The molecule has 0 atom stereocenters. The number of aromatic nitrogens is 2. The zero-order chi connectivity index (χ0) is 18.7. The van der Waals surface area contributed by atoms with Crippen molar-refractivity contribution in [2.45, 2.75) is 11.2 Å². The molecule has 4 nitrogen and oxygen atoms in total. The number of amides is 1. The third kappa shape index (κ3) is 3.91. The predicted octanol–water partition coefficient (Wildman–Crippen LogP) is 4.87. The predicted molar refractivity (Wildman–Crippen MR) is 94.7 cm³/mol. The summed E-state index contributed by atoms with van der Waals surface area (Å²) in [6.45, 7) is 0. The highest BCUT2D eigenvalue weighted by Gasteiger charge is 2.30. The lowest BCUT2D eigenvalue weighted by molar-refractivity contribution is -0.137. The zero-order valence-corrected chi connectivity index (χ0v) is 14.4. The molecule has 26 heavy (non-hydrogen) atoms. The van der Waals surface area contributed by atoms with Gasteiger partial charge in [-0.1, -0.05) is 24.3 Å². The Hall–Kier alpha value is -2.74. The molecule has 134 valence electrons. The van der Waals surface area contributed by atoms with Crippen molar-refractivity contribution in [3.8, 4) is 5.69 Å². The molecule has 1 aromatic heterocycles. The number of anilines is 1. The fraction of sp³-hybridized carbons (Fsp3) is 0.111. The lowest BCUT2D eigenvalue weighted by Gasteiger charge is -2.09. The Bertz CT molecular complexity index is 923. The van der Waals surface area contributed by atoms with Crippen LogP contribution in [-0.4, -0.2) is 21.9 Å². The molecule has 0 unspecified atom stereocenters. The second-order valence-corrected chi connectivity index (χ2v) is 6.16. The zero-order valence-electron chi connectivity index (χ0n) is 13.6. The highest BCUT2D eigenvalue weighted by molar-refractivity contribution is 7.98. The molecule has 8 heteroatoms. The van der Waals surface area contributed by atoms with Crippen molar-refractivity contribution in [3.05, 3.63) is 71.9 Å². The van der Waals surface area contributed by atoms with Gasteiger partial charge >= 0.3 is 6.18 Å². The number of rotatable bonds is 4. The Labute approximate surface area is 152 Å². The normalized spacial score (nSPS) is 11.4. The first kappa shape index (κ1) is 18.1. The summed E-state index contributed by atoms with van der Waals surface area (Å²) < 4.78 is 40.0. The van der Waals surface area contributed by atoms with E-state index in [-0.39, 0.29) is 5.69 Å². The molecular formula is C18H14F3N3OS. The van der Waals surface area contributed by atoms with Crippen LogP contribution in [0.2, 0.25) is 0 Å². The Balaban J connectivity index is 1.88. The molecule has 0 saturated heterocycles. The monoisotopic (exact) mass is 377 g/mol. The smallest absolute Gasteiger partial charge is 0.322 e. The number of nitrogens with one attached hydrogen (secondary N) is 1. The fourth-order valence-corrected chi connectivity index (χ4v) is 2.88. The molecule has 3 aromatic rings. The second-order valence-electron chi connectivity index (χ2n) is 5.36. The van der Waals surface area contributed by atoms with E-state index in [0.29, 0.717) is 10.6 Å². The third-order valence-corrected chi connectivity index (χ3v) is 4.28. The van der Waals surface area contributed by atoms with Gasteiger partial charge in [-0.15, -0.1) is 11.8 Å². The van der Waals surface area contributed by atoms with E-state index < -0.39 is 17.6 Å². The SMILES string of the molecule is CSc1nn(-c2ccccc2)cc1C(=O)Nc1cccc(C(F)(F)F)c1. The van der Waals surface area contributed by atoms with E-state index in [0.717, 1.165) is 17.8 Å². The van der Waals surface area contributed by atoms with E-state index in [1.807, 2.05) is 30.3 Å². The van der Waals surface area contributed by atoms with Crippen molar-refractivity contribution < 1.29 is 18.0 Å². The Morgan fingerprint density at radius 2 is 1.85 bits per heavy atom. The average molecular weight is 377 g/mol. The van der Waals surface area contributed by atoms with Crippen molar-refractivity contribution in [1.29, 1.82) is 0 Å². The van der Waals surface area contributed by atoms with E-state index in [2.05, 4.69) is 10.4 Å². The molecule has 0 bridgehead atoms. The fourth-order valence-electron chi connectivity index (χ4n) is 2.35. The van der Waals surface area contributed by atoms with E-state index in [4.69, 9.17) is 0 Å². The Morgan fingerprint density at radius 3 is 2.50 bits per heavy atom. The summed E-state index contributed by atoms with van der Waals surface area (Å²) in [5.41, 5.74) is 0.324. The van der Waals surface area contributed by atoms with Gasteiger partial charge < -0.3 is 5.32 Å². The number of carbonyl (C=O) groups excluding carboxylic acids is 1. The highest BCUT2D eigenvalue weighted by Crippen LogP contribution is 2.31. The first-order valence-electron chi connectivity index (χ1n) is 7.56. The lowest BCUT2D eigenvalue weighted by atomic mass is 10.2. The van der Waals surface area contributed by atoms with Crippen LogP contribution in [0.1, 0.15) is 15.9 Å². The summed E-state index contributed by atoms with van der Waals surface area (Å²) in [6.07, 6.45) is -1.13. The quantitative estimate of drug-likeness (QED) is 0.660. The highest BCUT2D eigenvalue weighted by atomic mass is 32.2. The summed E-state index contributed by atoms with van der Waals surface area (Å²) in [5.74, 6) is -0.518. The number of hydrogen-bond donors (Lipinski definition) is 1. The number of halogens is 3. The molecule has 0 aliphatic carbocycles. The van der Waals surface area contributed by atoms with Crippen LogP contribution in [0.25, 0.3) is 5.69 Å². The van der Waals surface area contributed by atoms with Gasteiger partial charge in [-0.25, -0.2) is 4.68 Å². The summed E-state index contributed by atoms with van der Waals surface area (Å²) in [4.78, 5) is 12.5. The maximum absolute atomic E-state index is 12.8. The largest absolute Gasteiger partial charge is 0.416 e. The van der Waals surface area contributed by atoms with Crippen LogP contribution in [-0.2, 0) is 6.18 Å². The molecule has 0 fully saturated rings. The third-order valence-electron chi connectivity index (χ3n) is 3.59. The van der Waals surface area contributed by atoms with E-state index in [1.165, 1.54) is 23.9 Å². The maximum Gasteiger partial charge on any atom is 0.416 e. The van der Waals surface area contributed by atoms with Crippen molar-refractivity contribution in [3.63, 3.8) is 0 Å². The van der Waals surface area contributed by atoms with Crippen LogP contribution in [0.4, 0.5) is 18.9 Å². The number of nitrogens with zero attached hydrogens (tertiary/aromatic N) is 2. The molecule has 0 radical (unpaired) electrons. The molecule has 2 aromatic carbocycles. The van der Waals surface area contributed by atoms with Crippen molar-refractivity contribution >= 4 is 23.4 Å². The minimum Gasteiger partial charge on any atom is -0.322 e. The van der Waals surface area contributed by atoms with Gasteiger partial charge in [0.25, 0.3) is 5.91 Å². The van der Waals surface area contributed by atoms with Crippen LogP contribution in [0.3, 0.4) is 0 Å². The molecule has 0 saturated carbocycles. The number of benzene rings is 2. The number of thioether (sulfide) groups is 1. The van der Waals surface area contributed by atoms with Gasteiger partial charge in [0.15, 0.2) is 0 Å². The van der Waals surface area contributed by atoms with Crippen LogP contribution in [0.15, 0.2) is 65.8 Å². The number of para-hydroxylation sites is 1. The molecule has 3 rings (SSSR count). The van der Waals surface area contributed by atoms with E-state index >= 15 is 0 Å². The van der Waals surface area contributed by atoms with Gasteiger partial charge in [0.2, 0.25) is 0 Å². The van der Waals surface area contributed by atoms with Gasteiger partial charge in [0.05, 0.1) is 16.8 Å². The van der Waals surface area contributed by atoms with E-state index in [1.54, 1.807) is 17.1 Å². The van der Waals surface area contributed by atoms with Crippen LogP contribution in [0, 0.1) is 0 Å². The van der Waals surface area contributed by atoms with Gasteiger partial charge in [-0.2, -0.15) is 18.3 Å². The molecule has 0 aliphatic heterocycles.